The second kappa shape index (κ2) is 11.3. The number of aromatic nitrogens is 5. The van der Waals surface area contributed by atoms with Crippen LogP contribution >= 0.6 is 0 Å². The fraction of sp³-hybridized carbons (Fsp3) is 0.265. The molecule has 3 aromatic heterocycles. The van der Waals surface area contributed by atoms with Crippen molar-refractivity contribution >= 4 is 22.1 Å². The van der Waals surface area contributed by atoms with E-state index < -0.39 is 0 Å². The maximum Gasteiger partial charge on any atom is 0.123 e. The predicted octanol–water partition coefficient (Wildman–Crippen LogP) is 6.21. The highest BCUT2D eigenvalue weighted by Gasteiger charge is 2.28. The second-order valence-electron chi connectivity index (χ2n) is 11.1. The van der Waals surface area contributed by atoms with E-state index in [0.717, 1.165) is 72.7 Å². The molecule has 1 unspecified atom stereocenters. The van der Waals surface area contributed by atoms with Crippen molar-refractivity contribution < 1.29 is 0 Å². The summed E-state index contributed by atoms with van der Waals surface area (Å²) in [7, 11) is 2.08. The molecule has 0 radical (unpaired) electrons. The molecule has 3 aromatic carbocycles. The van der Waals surface area contributed by atoms with Crippen LogP contribution < -0.4 is 5.32 Å². The molecule has 41 heavy (non-hydrogen) atoms. The van der Waals surface area contributed by atoms with Crippen LogP contribution in [0.5, 0.6) is 0 Å². The van der Waals surface area contributed by atoms with Crippen LogP contribution in [0.25, 0.3) is 22.1 Å². The topological polar surface area (TPSA) is 74.7 Å². The van der Waals surface area contributed by atoms with Gasteiger partial charge in [-0.15, -0.1) is 0 Å². The second-order valence-corrected chi connectivity index (χ2v) is 11.1. The number of aromatic amines is 1. The number of hydrogen-bond acceptors (Lipinski definition) is 5. The van der Waals surface area contributed by atoms with Gasteiger partial charge < -0.3 is 14.9 Å². The van der Waals surface area contributed by atoms with E-state index in [9.17, 15) is 0 Å². The summed E-state index contributed by atoms with van der Waals surface area (Å²) in [5.41, 5.74) is 9.46. The summed E-state index contributed by atoms with van der Waals surface area (Å²) in [6.45, 7) is 3.11. The number of H-pyrrole nitrogens is 1. The smallest absolute Gasteiger partial charge is 0.123 e. The molecule has 0 spiro atoms. The third-order valence-electron chi connectivity index (χ3n) is 8.30. The molecule has 7 rings (SSSR count). The monoisotopic (exact) mass is 541 g/mol. The van der Waals surface area contributed by atoms with E-state index in [1.807, 2.05) is 18.3 Å². The SMILES string of the molecule is Cn1c(CNCc2ccc(CN(Cc3nc4ccccc4[nH]3)C3CCCc4cccnc43)cc2)nc2ccccc21. The third-order valence-corrected chi connectivity index (χ3v) is 8.30. The van der Waals surface area contributed by atoms with Gasteiger partial charge in [-0.25, -0.2) is 9.97 Å². The lowest BCUT2D eigenvalue weighted by atomic mass is 9.90. The van der Waals surface area contributed by atoms with Crippen molar-refractivity contribution in [3.05, 3.63) is 125 Å². The number of fused-ring (bicyclic) bond motifs is 3. The highest BCUT2D eigenvalue weighted by molar-refractivity contribution is 5.76. The molecule has 0 saturated carbocycles. The molecule has 7 nitrogen and oxygen atoms in total. The molecular weight excluding hydrogens is 506 g/mol. The third kappa shape index (κ3) is 5.38. The fourth-order valence-corrected chi connectivity index (χ4v) is 6.16. The Balaban J connectivity index is 1.07. The Morgan fingerprint density at radius 2 is 1.66 bits per heavy atom. The van der Waals surface area contributed by atoms with E-state index in [2.05, 4.69) is 99.6 Å². The number of imidazole rings is 2. The van der Waals surface area contributed by atoms with Crippen LogP contribution in [0.3, 0.4) is 0 Å². The van der Waals surface area contributed by atoms with Gasteiger partial charge in [-0.1, -0.05) is 54.6 Å². The lowest BCUT2D eigenvalue weighted by Crippen LogP contribution is -2.31. The predicted molar refractivity (Wildman–Crippen MR) is 163 cm³/mol. The Morgan fingerprint density at radius 1 is 0.854 bits per heavy atom. The van der Waals surface area contributed by atoms with Crippen LogP contribution in [0, 0.1) is 0 Å². The summed E-state index contributed by atoms with van der Waals surface area (Å²) < 4.78 is 2.17. The maximum absolute atomic E-state index is 4.91. The van der Waals surface area contributed by atoms with Crippen LogP contribution in [0.15, 0.2) is 91.1 Å². The van der Waals surface area contributed by atoms with Gasteiger partial charge in [-0.3, -0.25) is 9.88 Å². The molecule has 7 heteroatoms. The molecule has 3 heterocycles. The van der Waals surface area contributed by atoms with Gasteiger partial charge in [-0.05, 0) is 66.3 Å². The molecule has 0 amide bonds. The standard InChI is InChI=1S/C34H35N7/c1-40-30-13-5-4-12-29(30)39-33(40)21-35-20-24-15-17-25(18-16-24)22-41(23-32-37-27-10-2-3-11-28(27)38-32)31-14-6-8-26-9-7-19-36-34(26)31/h2-5,7,9-13,15-19,31,35H,6,8,14,20-23H2,1H3,(H,37,38). The van der Waals surface area contributed by atoms with Crippen LogP contribution in [-0.2, 0) is 39.6 Å². The number of rotatable bonds is 9. The average molecular weight is 542 g/mol. The van der Waals surface area contributed by atoms with Crippen molar-refractivity contribution in [3.63, 3.8) is 0 Å². The molecule has 2 N–H and O–H groups in total. The zero-order valence-corrected chi connectivity index (χ0v) is 23.4. The molecule has 0 bridgehead atoms. The van der Waals surface area contributed by atoms with E-state index >= 15 is 0 Å². The Hall–Kier alpha value is -4.33. The van der Waals surface area contributed by atoms with E-state index in [1.54, 1.807) is 0 Å². The number of pyridine rings is 1. The number of para-hydroxylation sites is 4. The van der Waals surface area contributed by atoms with Gasteiger partial charge >= 0.3 is 0 Å². The summed E-state index contributed by atoms with van der Waals surface area (Å²) in [5, 5.41) is 3.57. The van der Waals surface area contributed by atoms with E-state index in [-0.39, 0.29) is 6.04 Å². The molecule has 206 valence electrons. The van der Waals surface area contributed by atoms with Gasteiger partial charge in [0.05, 0.1) is 46.9 Å². The molecule has 0 aliphatic heterocycles. The molecular formula is C34H35N7. The van der Waals surface area contributed by atoms with Crippen molar-refractivity contribution in [1.82, 2.24) is 34.7 Å². The van der Waals surface area contributed by atoms with E-state index in [4.69, 9.17) is 15.0 Å². The number of hydrogen-bond donors (Lipinski definition) is 2. The van der Waals surface area contributed by atoms with Crippen LogP contribution in [0.1, 0.15) is 52.9 Å². The first kappa shape index (κ1) is 25.6. The lowest BCUT2D eigenvalue weighted by molar-refractivity contribution is 0.153. The molecule has 1 atom stereocenters. The highest BCUT2D eigenvalue weighted by atomic mass is 15.2. The number of nitrogens with one attached hydrogen (secondary N) is 2. The van der Waals surface area contributed by atoms with Gasteiger partial charge in [-0.2, -0.15) is 0 Å². The maximum atomic E-state index is 4.91. The number of benzene rings is 3. The summed E-state index contributed by atoms with van der Waals surface area (Å²) in [4.78, 5) is 20.6. The molecule has 6 aromatic rings. The Kier molecular flexibility index (Phi) is 7.05. The average Bonchev–Trinajstić information content (AvgIpc) is 3.57. The first-order valence-electron chi connectivity index (χ1n) is 14.5. The first-order chi connectivity index (χ1) is 20.2. The van der Waals surface area contributed by atoms with Crippen molar-refractivity contribution in [3.8, 4) is 0 Å². The quantitative estimate of drug-likeness (QED) is 0.228. The highest BCUT2D eigenvalue weighted by Crippen LogP contribution is 2.34. The van der Waals surface area contributed by atoms with Gasteiger partial charge in [0.1, 0.15) is 11.6 Å². The number of nitrogens with zero attached hydrogens (tertiary/aromatic N) is 5. The molecule has 0 saturated heterocycles. The minimum absolute atomic E-state index is 0.266. The van der Waals surface area contributed by atoms with E-state index in [0.29, 0.717) is 0 Å². The summed E-state index contributed by atoms with van der Waals surface area (Å²) in [6, 6.07) is 30.1. The van der Waals surface area contributed by atoms with Gasteiger partial charge in [0, 0.05) is 26.3 Å². The molecule has 1 aliphatic rings. The Bertz CT molecular complexity index is 1750. The van der Waals surface area contributed by atoms with Crippen molar-refractivity contribution in [2.75, 3.05) is 0 Å². The Morgan fingerprint density at radius 3 is 2.51 bits per heavy atom. The fourth-order valence-electron chi connectivity index (χ4n) is 6.16. The van der Waals surface area contributed by atoms with Gasteiger partial charge in [0.25, 0.3) is 0 Å². The normalized spacial score (nSPS) is 15.1. The number of aryl methyl sites for hydroxylation is 2. The zero-order valence-electron chi connectivity index (χ0n) is 23.4. The summed E-state index contributed by atoms with van der Waals surface area (Å²) in [6.07, 6.45) is 5.32. The lowest BCUT2D eigenvalue weighted by Gasteiger charge is -2.34. The van der Waals surface area contributed by atoms with Crippen LogP contribution in [0.2, 0.25) is 0 Å². The van der Waals surface area contributed by atoms with Crippen molar-refractivity contribution in [2.24, 2.45) is 7.05 Å². The van der Waals surface area contributed by atoms with Crippen molar-refractivity contribution in [1.29, 1.82) is 0 Å². The minimum atomic E-state index is 0.266. The summed E-state index contributed by atoms with van der Waals surface area (Å²) in [5.74, 6) is 2.04. The summed E-state index contributed by atoms with van der Waals surface area (Å²) >= 11 is 0. The largest absolute Gasteiger partial charge is 0.341 e. The molecule has 0 fully saturated rings. The Labute approximate surface area is 240 Å². The van der Waals surface area contributed by atoms with Gasteiger partial charge in [0.2, 0.25) is 0 Å². The van der Waals surface area contributed by atoms with Crippen molar-refractivity contribution in [2.45, 2.75) is 51.5 Å². The van der Waals surface area contributed by atoms with Crippen LogP contribution in [-0.4, -0.2) is 29.4 Å². The van der Waals surface area contributed by atoms with Crippen LogP contribution in [0.4, 0.5) is 0 Å². The zero-order chi connectivity index (χ0) is 27.6. The molecule has 1 aliphatic carbocycles. The van der Waals surface area contributed by atoms with Gasteiger partial charge in [0.15, 0.2) is 0 Å². The van der Waals surface area contributed by atoms with E-state index in [1.165, 1.54) is 28.8 Å². The minimum Gasteiger partial charge on any atom is -0.341 e. The first-order valence-corrected chi connectivity index (χ1v) is 14.5.